The van der Waals surface area contributed by atoms with Gasteiger partial charge in [-0.1, -0.05) is 6.42 Å². The molecule has 2 N–H and O–H groups in total. The fourth-order valence-electron chi connectivity index (χ4n) is 6.69. The molecule has 0 atom stereocenters. The van der Waals surface area contributed by atoms with Gasteiger partial charge in [-0.15, -0.1) is 0 Å². The number of hydrogen-bond acceptors (Lipinski definition) is 8. The zero-order chi connectivity index (χ0) is 30.9. The fourth-order valence-corrected chi connectivity index (χ4v) is 6.69. The summed E-state index contributed by atoms with van der Waals surface area (Å²) >= 11 is 0. The maximum Gasteiger partial charge on any atom is 0.159 e. The van der Waals surface area contributed by atoms with Crippen LogP contribution in [0, 0.1) is 5.82 Å². The highest BCUT2D eigenvalue weighted by Crippen LogP contribution is 2.33. The number of H-pyrrole nitrogens is 2. The molecule has 0 aliphatic carbocycles. The Bertz CT molecular complexity index is 1990. The van der Waals surface area contributed by atoms with E-state index in [1.807, 2.05) is 30.7 Å². The van der Waals surface area contributed by atoms with Gasteiger partial charge in [0.1, 0.15) is 29.4 Å². The van der Waals surface area contributed by atoms with E-state index in [0.717, 1.165) is 61.3 Å². The summed E-state index contributed by atoms with van der Waals surface area (Å²) in [6.07, 6.45) is 13.7. The van der Waals surface area contributed by atoms with Crippen molar-refractivity contribution in [3.8, 4) is 39.7 Å². The predicted octanol–water partition coefficient (Wildman–Crippen LogP) is 6.22. The van der Waals surface area contributed by atoms with Crippen LogP contribution in [0.4, 0.5) is 4.39 Å². The van der Waals surface area contributed by atoms with Crippen molar-refractivity contribution in [1.29, 1.82) is 0 Å². The molecule has 0 unspecified atom stereocenters. The molecule has 0 radical (unpaired) electrons. The summed E-state index contributed by atoms with van der Waals surface area (Å²) in [4.78, 5) is 27.0. The highest BCUT2D eigenvalue weighted by Gasteiger charge is 2.19. The van der Waals surface area contributed by atoms with Crippen LogP contribution >= 0.6 is 0 Å². The zero-order valence-corrected chi connectivity index (χ0v) is 25.7. The third kappa shape index (κ3) is 5.95. The minimum atomic E-state index is -0.380. The molecule has 8 rings (SSSR count). The molecule has 234 valence electrons. The summed E-state index contributed by atoms with van der Waals surface area (Å²) in [6, 6.07) is 10.9. The number of fused-ring (bicyclic) bond motifs is 2. The Morgan fingerprint density at radius 3 is 2.52 bits per heavy atom. The maximum atomic E-state index is 14.8. The molecule has 6 aromatic rings. The number of aromatic nitrogens is 7. The van der Waals surface area contributed by atoms with E-state index in [2.05, 4.69) is 52.1 Å². The van der Waals surface area contributed by atoms with Crippen molar-refractivity contribution in [3.05, 3.63) is 72.6 Å². The number of ether oxygens (including phenoxy) is 1. The van der Waals surface area contributed by atoms with E-state index >= 15 is 0 Å². The van der Waals surface area contributed by atoms with Crippen molar-refractivity contribution in [2.75, 3.05) is 39.3 Å². The van der Waals surface area contributed by atoms with Gasteiger partial charge < -0.3 is 9.72 Å². The molecule has 5 aromatic heterocycles. The second kappa shape index (κ2) is 12.6. The van der Waals surface area contributed by atoms with Crippen LogP contribution in [0.25, 0.3) is 56.0 Å². The predicted molar refractivity (Wildman–Crippen MR) is 176 cm³/mol. The highest BCUT2D eigenvalue weighted by atomic mass is 19.1. The number of hydrogen-bond donors (Lipinski definition) is 2. The van der Waals surface area contributed by atoms with Crippen LogP contribution in [0.15, 0.2) is 61.2 Å². The second-order valence-electron chi connectivity index (χ2n) is 12.3. The average molecular weight is 618 g/mol. The molecule has 7 heterocycles. The van der Waals surface area contributed by atoms with Gasteiger partial charge >= 0.3 is 0 Å². The molecule has 0 bridgehead atoms. The zero-order valence-electron chi connectivity index (χ0n) is 25.7. The topological polar surface area (TPSA) is 112 Å². The maximum absolute atomic E-state index is 14.8. The van der Waals surface area contributed by atoms with Crippen molar-refractivity contribution in [3.63, 3.8) is 0 Å². The van der Waals surface area contributed by atoms with E-state index in [4.69, 9.17) is 9.72 Å². The lowest BCUT2D eigenvalue weighted by molar-refractivity contribution is 0.220. The summed E-state index contributed by atoms with van der Waals surface area (Å²) in [7, 11) is 0. The van der Waals surface area contributed by atoms with Gasteiger partial charge in [0, 0.05) is 60.6 Å². The Labute approximate surface area is 266 Å². The van der Waals surface area contributed by atoms with Crippen LogP contribution in [0.3, 0.4) is 0 Å². The Morgan fingerprint density at radius 1 is 0.804 bits per heavy atom. The molecule has 2 fully saturated rings. The van der Waals surface area contributed by atoms with Gasteiger partial charge in [0.05, 0.1) is 16.6 Å². The third-order valence-corrected chi connectivity index (χ3v) is 9.04. The van der Waals surface area contributed by atoms with Crippen molar-refractivity contribution in [2.45, 2.75) is 38.6 Å². The molecule has 2 saturated heterocycles. The normalized spacial score (nSPS) is 16.1. The average Bonchev–Trinajstić information content (AvgIpc) is 3.85. The van der Waals surface area contributed by atoms with Crippen molar-refractivity contribution in [1.82, 2.24) is 44.9 Å². The van der Waals surface area contributed by atoms with Crippen LogP contribution in [0.2, 0.25) is 0 Å². The summed E-state index contributed by atoms with van der Waals surface area (Å²) in [5, 5.41) is 8.47. The number of piperidine rings is 1. The van der Waals surface area contributed by atoms with Gasteiger partial charge in [0.25, 0.3) is 0 Å². The molecule has 0 amide bonds. The van der Waals surface area contributed by atoms with Crippen molar-refractivity contribution in [2.24, 2.45) is 0 Å². The molecule has 2 aliphatic heterocycles. The number of halogens is 1. The lowest BCUT2D eigenvalue weighted by Crippen LogP contribution is -2.29. The van der Waals surface area contributed by atoms with Gasteiger partial charge in [-0.25, -0.2) is 14.4 Å². The number of nitrogens with one attached hydrogen (secondary N) is 2. The molecule has 2 aliphatic rings. The quantitative estimate of drug-likeness (QED) is 0.197. The smallest absolute Gasteiger partial charge is 0.159 e. The first-order valence-corrected chi connectivity index (χ1v) is 16.2. The fraction of sp³-hybridized carbons (Fsp3) is 0.343. The number of aromatic amines is 2. The summed E-state index contributed by atoms with van der Waals surface area (Å²) in [5.74, 6) is 0.676. The molecular formula is C35H36FN9O. The van der Waals surface area contributed by atoms with E-state index in [1.165, 1.54) is 49.8 Å². The summed E-state index contributed by atoms with van der Waals surface area (Å²) in [5.41, 5.74) is 7.05. The van der Waals surface area contributed by atoms with Gasteiger partial charge in [-0.3, -0.25) is 24.9 Å². The summed E-state index contributed by atoms with van der Waals surface area (Å²) < 4.78 is 20.8. The number of nitrogens with zero attached hydrogens (tertiary/aromatic N) is 7. The van der Waals surface area contributed by atoms with E-state index in [1.54, 1.807) is 6.20 Å². The number of pyridine rings is 3. The van der Waals surface area contributed by atoms with Crippen LogP contribution in [0.1, 0.15) is 37.7 Å². The Kier molecular flexibility index (Phi) is 7.85. The van der Waals surface area contributed by atoms with E-state index in [0.29, 0.717) is 46.3 Å². The lowest BCUT2D eigenvalue weighted by Gasteiger charge is -2.26. The second-order valence-corrected chi connectivity index (χ2v) is 12.3. The number of benzene rings is 1. The van der Waals surface area contributed by atoms with Gasteiger partial charge in [0.2, 0.25) is 0 Å². The Hall–Kier alpha value is -4.74. The minimum absolute atomic E-state index is 0.380. The third-order valence-electron chi connectivity index (χ3n) is 9.04. The standard InChI is InChI=1S/C35H36FN9O/c36-27-15-24(16-28(18-27)46-13-12-44-8-4-5-9-44)31-33-30(6-7-38-31)40-35(41-33)32-29-17-26(21-39-34(29)43-42-32)25-14-23(19-37-20-25)22-45-10-2-1-3-11-45/h6-7,14-21H,1-5,8-13,22H2,(H,40,41)(H,39,42,43). The first kappa shape index (κ1) is 28.7. The number of likely N-dealkylation sites (tertiary alicyclic amines) is 2. The van der Waals surface area contributed by atoms with Crippen molar-refractivity contribution >= 4 is 22.1 Å². The molecule has 0 spiro atoms. The Balaban J connectivity index is 1.08. The SMILES string of the molecule is Fc1cc(OCCN2CCCC2)cc(-c2nccc3[nH]c(-c4n[nH]c5ncc(-c6cncc(CN7CCCCC7)c6)cc45)nc23)c1. The van der Waals surface area contributed by atoms with E-state index in [9.17, 15) is 4.39 Å². The van der Waals surface area contributed by atoms with Gasteiger partial charge in [0.15, 0.2) is 11.5 Å². The van der Waals surface area contributed by atoms with Gasteiger partial charge in [-0.05, 0) is 87.8 Å². The van der Waals surface area contributed by atoms with E-state index in [-0.39, 0.29) is 5.82 Å². The monoisotopic (exact) mass is 617 g/mol. The summed E-state index contributed by atoms with van der Waals surface area (Å²) in [6.45, 7) is 6.70. The molecule has 1 aromatic carbocycles. The number of rotatable bonds is 9. The van der Waals surface area contributed by atoms with Crippen LogP contribution in [0.5, 0.6) is 5.75 Å². The molecule has 11 heteroatoms. The van der Waals surface area contributed by atoms with Crippen molar-refractivity contribution < 1.29 is 9.13 Å². The van der Waals surface area contributed by atoms with Gasteiger partial charge in [-0.2, -0.15) is 5.10 Å². The lowest BCUT2D eigenvalue weighted by atomic mass is 10.1. The molecule has 0 saturated carbocycles. The molecular weight excluding hydrogens is 581 g/mol. The molecule has 10 nitrogen and oxygen atoms in total. The van der Waals surface area contributed by atoms with E-state index < -0.39 is 0 Å². The molecule has 46 heavy (non-hydrogen) atoms. The first-order valence-electron chi connectivity index (χ1n) is 16.2. The van der Waals surface area contributed by atoms with Crippen LogP contribution < -0.4 is 4.74 Å². The van der Waals surface area contributed by atoms with Crippen LogP contribution in [-0.4, -0.2) is 84.2 Å². The Morgan fingerprint density at radius 2 is 1.63 bits per heavy atom. The van der Waals surface area contributed by atoms with Crippen LogP contribution in [-0.2, 0) is 6.54 Å². The highest BCUT2D eigenvalue weighted by molar-refractivity contribution is 5.96. The minimum Gasteiger partial charge on any atom is -0.492 e. The number of imidazole rings is 1. The first-order chi connectivity index (χ1) is 22.7. The largest absolute Gasteiger partial charge is 0.492 e.